The van der Waals surface area contributed by atoms with Crippen molar-refractivity contribution >= 4 is 5.97 Å². The molecular formula is C19H14N3O2+. The molecule has 0 aliphatic rings. The van der Waals surface area contributed by atoms with Gasteiger partial charge in [0.1, 0.15) is 11.9 Å². The van der Waals surface area contributed by atoms with E-state index in [1.54, 1.807) is 41.2 Å². The minimum absolute atomic E-state index is 0.353. The molecule has 0 spiro atoms. The predicted octanol–water partition coefficient (Wildman–Crippen LogP) is 2.51. The van der Waals surface area contributed by atoms with Crippen molar-refractivity contribution in [2.45, 2.75) is 6.54 Å². The van der Waals surface area contributed by atoms with E-state index >= 15 is 0 Å². The summed E-state index contributed by atoms with van der Waals surface area (Å²) in [4.78, 5) is 16.4. The summed E-state index contributed by atoms with van der Waals surface area (Å²) in [5.74, 6) is -0.113. The smallest absolute Gasteiger partial charge is 0.410 e. The Labute approximate surface area is 139 Å². The van der Waals surface area contributed by atoms with Gasteiger partial charge in [-0.1, -0.05) is 30.3 Å². The van der Waals surface area contributed by atoms with Gasteiger partial charge in [-0.2, -0.15) is 9.83 Å². The fraction of sp³-hybridized carbons (Fsp3) is 0.0526. The fourth-order valence-corrected chi connectivity index (χ4v) is 2.23. The Kier molecular flexibility index (Phi) is 4.59. The van der Waals surface area contributed by atoms with E-state index in [4.69, 9.17) is 10.00 Å². The van der Waals surface area contributed by atoms with E-state index in [-0.39, 0.29) is 0 Å². The quantitative estimate of drug-likeness (QED) is 0.421. The molecule has 1 aromatic heterocycles. The Bertz CT molecular complexity index is 884. The topological polar surface area (TPSA) is 66.9 Å². The van der Waals surface area contributed by atoms with E-state index in [0.717, 1.165) is 5.56 Å². The highest BCUT2D eigenvalue weighted by molar-refractivity contribution is 5.87. The summed E-state index contributed by atoms with van der Waals surface area (Å²) in [5.41, 5.74) is 1.93. The van der Waals surface area contributed by atoms with E-state index in [0.29, 0.717) is 23.6 Å². The van der Waals surface area contributed by atoms with Gasteiger partial charge in [-0.15, -0.1) is 0 Å². The Hall–Kier alpha value is -3.52. The van der Waals surface area contributed by atoms with Crippen molar-refractivity contribution in [2.24, 2.45) is 0 Å². The predicted molar refractivity (Wildman–Crippen MR) is 86.1 cm³/mol. The molecule has 24 heavy (non-hydrogen) atoms. The first-order chi connectivity index (χ1) is 11.8. The van der Waals surface area contributed by atoms with E-state index in [1.807, 2.05) is 36.4 Å². The third-order valence-electron chi connectivity index (χ3n) is 3.44. The lowest BCUT2D eigenvalue weighted by Gasteiger charge is -2.05. The van der Waals surface area contributed by atoms with E-state index < -0.39 is 5.97 Å². The zero-order chi connectivity index (χ0) is 16.8. The van der Waals surface area contributed by atoms with Crippen LogP contribution in [0.25, 0.3) is 0 Å². The zero-order valence-electron chi connectivity index (χ0n) is 12.8. The molecule has 5 nitrogen and oxygen atoms in total. The first-order valence-corrected chi connectivity index (χ1v) is 7.36. The van der Waals surface area contributed by atoms with E-state index in [9.17, 15) is 4.79 Å². The first kappa shape index (κ1) is 15.4. The molecule has 0 fully saturated rings. The van der Waals surface area contributed by atoms with Crippen LogP contribution < -0.4 is 9.30 Å². The summed E-state index contributed by atoms with van der Waals surface area (Å²) in [6, 6.07) is 18.2. The number of hydrogen-bond acceptors (Lipinski definition) is 4. The third kappa shape index (κ3) is 3.62. The zero-order valence-corrected chi connectivity index (χ0v) is 12.8. The SMILES string of the molecule is N#Cc1ccc(OC(=O)c2cncc[n+]2Cc2ccccc2)cc1. The molecule has 3 aromatic rings. The lowest BCUT2D eigenvalue weighted by molar-refractivity contribution is -0.691. The van der Waals surface area contributed by atoms with Crippen LogP contribution in [-0.4, -0.2) is 11.0 Å². The van der Waals surface area contributed by atoms with Crippen LogP contribution in [0.2, 0.25) is 0 Å². The maximum atomic E-state index is 12.4. The minimum Gasteiger partial charge on any atom is -0.419 e. The summed E-state index contributed by atoms with van der Waals surface area (Å²) < 4.78 is 7.16. The summed E-state index contributed by atoms with van der Waals surface area (Å²) in [6.45, 7) is 0.543. The number of nitriles is 1. The molecule has 2 aromatic carbocycles. The van der Waals surface area contributed by atoms with Crippen LogP contribution >= 0.6 is 0 Å². The number of aromatic nitrogens is 2. The molecule has 116 valence electrons. The number of esters is 1. The lowest BCUT2D eigenvalue weighted by atomic mass is 10.2. The van der Waals surface area contributed by atoms with Gasteiger partial charge >= 0.3 is 11.7 Å². The molecule has 0 N–H and O–H groups in total. The number of benzene rings is 2. The number of hydrogen-bond donors (Lipinski definition) is 0. The van der Waals surface area contributed by atoms with Crippen molar-refractivity contribution in [1.82, 2.24) is 4.98 Å². The monoisotopic (exact) mass is 316 g/mol. The van der Waals surface area contributed by atoms with E-state index in [2.05, 4.69) is 4.98 Å². The number of carbonyl (C=O) groups is 1. The lowest BCUT2D eigenvalue weighted by Crippen LogP contribution is -2.42. The molecular weight excluding hydrogens is 302 g/mol. The van der Waals surface area contributed by atoms with Crippen LogP contribution in [0.1, 0.15) is 21.6 Å². The molecule has 1 heterocycles. The Morgan fingerprint density at radius 2 is 1.88 bits per heavy atom. The van der Waals surface area contributed by atoms with Crippen LogP contribution in [-0.2, 0) is 6.54 Å². The van der Waals surface area contributed by atoms with E-state index in [1.165, 1.54) is 6.20 Å². The normalized spacial score (nSPS) is 9.96. The summed E-state index contributed by atoms with van der Waals surface area (Å²) in [5, 5.41) is 8.80. The highest BCUT2D eigenvalue weighted by Crippen LogP contribution is 2.13. The van der Waals surface area contributed by atoms with Crippen molar-refractivity contribution in [3.8, 4) is 11.8 Å². The minimum atomic E-state index is -0.497. The number of nitrogens with zero attached hydrogens (tertiary/aromatic N) is 3. The van der Waals surface area contributed by atoms with Crippen LogP contribution in [0.5, 0.6) is 5.75 Å². The Morgan fingerprint density at radius 1 is 1.12 bits per heavy atom. The Morgan fingerprint density at radius 3 is 2.58 bits per heavy atom. The molecule has 0 atom stereocenters. The molecule has 0 amide bonds. The second-order valence-corrected chi connectivity index (χ2v) is 5.10. The van der Waals surface area contributed by atoms with Crippen LogP contribution in [0, 0.1) is 11.3 Å². The maximum absolute atomic E-state index is 12.4. The van der Waals surface area contributed by atoms with Gasteiger partial charge in [0.2, 0.25) is 0 Å². The first-order valence-electron chi connectivity index (χ1n) is 7.36. The fourth-order valence-electron chi connectivity index (χ4n) is 2.23. The van der Waals surface area contributed by atoms with Gasteiger partial charge in [0, 0.05) is 5.56 Å². The molecule has 0 radical (unpaired) electrons. The number of carbonyl (C=O) groups excluding carboxylic acids is 1. The molecule has 5 heteroatoms. The maximum Gasteiger partial charge on any atom is 0.410 e. The van der Waals surface area contributed by atoms with Gasteiger partial charge < -0.3 is 4.74 Å². The number of rotatable bonds is 4. The highest BCUT2D eigenvalue weighted by atomic mass is 16.5. The molecule has 0 unspecified atom stereocenters. The molecule has 0 bridgehead atoms. The highest BCUT2D eigenvalue weighted by Gasteiger charge is 2.22. The van der Waals surface area contributed by atoms with Gasteiger partial charge in [-0.05, 0) is 24.3 Å². The van der Waals surface area contributed by atoms with Crippen LogP contribution in [0.3, 0.4) is 0 Å². The van der Waals surface area contributed by atoms with Crippen molar-refractivity contribution in [3.05, 3.63) is 90.0 Å². The second kappa shape index (κ2) is 7.16. The summed E-state index contributed by atoms with van der Waals surface area (Å²) in [6.07, 6.45) is 4.85. The average Bonchev–Trinajstić information content (AvgIpc) is 2.63. The standard InChI is InChI=1S/C19H14N3O2/c20-12-15-6-8-17(9-7-15)24-19(23)18-13-21-10-11-22(18)14-16-4-2-1-3-5-16/h1-11,13H,14H2/q+1. The van der Waals surface area contributed by atoms with Gasteiger partial charge in [-0.25, -0.2) is 4.79 Å². The molecule has 0 saturated heterocycles. The summed E-state index contributed by atoms with van der Waals surface area (Å²) in [7, 11) is 0. The van der Waals surface area contributed by atoms with Crippen LogP contribution in [0.4, 0.5) is 0 Å². The molecule has 0 saturated carbocycles. The molecule has 0 aliphatic heterocycles. The van der Waals surface area contributed by atoms with Gasteiger partial charge in [0.15, 0.2) is 12.7 Å². The number of ether oxygens (including phenoxy) is 1. The van der Waals surface area contributed by atoms with Crippen molar-refractivity contribution in [1.29, 1.82) is 5.26 Å². The summed E-state index contributed by atoms with van der Waals surface area (Å²) >= 11 is 0. The average molecular weight is 316 g/mol. The van der Waals surface area contributed by atoms with Crippen molar-refractivity contribution in [2.75, 3.05) is 0 Å². The van der Waals surface area contributed by atoms with Crippen molar-refractivity contribution < 1.29 is 14.1 Å². The van der Waals surface area contributed by atoms with Gasteiger partial charge in [0.25, 0.3) is 0 Å². The second-order valence-electron chi connectivity index (χ2n) is 5.10. The van der Waals surface area contributed by atoms with Crippen molar-refractivity contribution in [3.63, 3.8) is 0 Å². The largest absolute Gasteiger partial charge is 0.419 e. The van der Waals surface area contributed by atoms with Crippen LogP contribution in [0.15, 0.2) is 73.2 Å². The Balaban J connectivity index is 1.80. The van der Waals surface area contributed by atoms with Gasteiger partial charge in [-0.3, -0.25) is 4.98 Å². The third-order valence-corrected chi connectivity index (χ3v) is 3.44. The van der Waals surface area contributed by atoms with Gasteiger partial charge in [0.05, 0.1) is 17.8 Å². The molecule has 0 aliphatic carbocycles. The molecule has 3 rings (SSSR count).